The van der Waals surface area contributed by atoms with E-state index in [1.165, 1.54) is 12.1 Å². The Bertz CT molecular complexity index is 389. The molecule has 0 bridgehead atoms. The number of aliphatic hydroxyl groups is 1. The van der Waals surface area contributed by atoms with Gasteiger partial charge in [-0.1, -0.05) is 13.8 Å². The van der Waals surface area contributed by atoms with E-state index in [1.54, 1.807) is 4.90 Å². The first kappa shape index (κ1) is 12.3. The van der Waals surface area contributed by atoms with Crippen molar-refractivity contribution in [2.75, 3.05) is 18.0 Å². The van der Waals surface area contributed by atoms with Crippen molar-refractivity contribution in [2.24, 2.45) is 11.8 Å². The van der Waals surface area contributed by atoms with E-state index in [1.807, 2.05) is 0 Å². The van der Waals surface area contributed by atoms with Crippen LogP contribution in [-0.4, -0.2) is 18.2 Å². The fourth-order valence-electron chi connectivity index (χ4n) is 2.32. The molecule has 1 fully saturated rings. The van der Waals surface area contributed by atoms with Crippen LogP contribution in [0, 0.1) is 23.5 Å². The average Bonchev–Trinajstić information content (AvgIpc) is 2.57. The molecular formula is C13H17F2NO. The standard InChI is InChI=1S/C13H17F2NO/c1-8-5-16(6-9(8)2)13-11(14)3-10(7-17)4-12(13)15/h3-4,8-9,17H,5-7H2,1-2H3. The summed E-state index contributed by atoms with van der Waals surface area (Å²) in [6, 6.07) is 2.40. The van der Waals surface area contributed by atoms with Gasteiger partial charge in [-0.2, -0.15) is 0 Å². The van der Waals surface area contributed by atoms with Crippen molar-refractivity contribution in [3.8, 4) is 0 Å². The van der Waals surface area contributed by atoms with E-state index in [-0.39, 0.29) is 17.9 Å². The Labute approximate surface area is 99.9 Å². The summed E-state index contributed by atoms with van der Waals surface area (Å²) in [6.45, 7) is 5.17. The van der Waals surface area contributed by atoms with Gasteiger partial charge >= 0.3 is 0 Å². The van der Waals surface area contributed by atoms with Crippen molar-refractivity contribution in [3.63, 3.8) is 0 Å². The van der Waals surface area contributed by atoms with E-state index >= 15 is 0 Å². The first-order valence-corrected chi connectivity index (χ1v) is 5.86. The summed E-state index contributed by atoms with van der Waals surface area (Å²) in [5.41, 5.74) is 0.308. The normalized spacial score (nSPS) is 24.4. The van der Waals surface area contributed by atoms with E-state index in [0.29, 0.717) is 24.9 Å². The molecule has 2 atom stereocenters. The highest BCUT2D eigenvalue weighted by Crippen LogP contribution is 2.32. The van der Waals surface area contributed by atoms with Crippen molar-refractivity contribution in [3.05, 3.63) is 29.3 Å². The lowest BCUT2D eigenvalue weighted by Crippen LogP contribution is -2.22. The van der Waals surface area contributed by atoms with Gasteiger partial charge in [0.05, 0.1) is 6.61 Å². The molecule has 0 amide bonds. The molecule has 1 N–H and O–H groups in total. The highest BCUT2D eigenvalue weighted by atomic mass is 19.1. The molecule has 2 unspecified atom stereocenters. The molecule has 1 saturated heterocycles. The van der Waals surface area contributed by atoms with Crippen LogP contribution in [-0.2, 0) is 6.61 Å². The zero-order chi connectivity index (χ0) is 12.6. The van der Waals surface area contributed by atoms with Gasteiger partial charge in [0.2, 0.25) is 0 Å². The number of anilines is 1. The minimum atomic E-state index is -0.588. The van der Waals surface area contributed by atoms with Crippen molar-refractivity contribution in [1.82, 2.24) is 0 Å². The van der Waals surface area contributed by atoms with Gasteiger partial charge in [-0.25, -0.2) is 8.78 Å². The van der Waals surface area contributed by atoms with Gasteiger partial charge in [-0.15, -0.1) is 0 Å². The lowest BCUT2D eigenvalue weighted by atomic mass is 10.0. The quantitative estimate of drug-likeness (QED) is 0.860. The Morgan fingerprint density at radius 1 is 1.18 bits per heavy atom. The molecule has 94 valence electrons. The van der Waals surface area contributed by atoms with Gasteiger partial charge in [0.15, 0.2) is 0 Å². The summed E-state index contributed by atoms with van der Waals surface area (Å²) in [5.74, 6) is -0.302. The van der Waals surface area contributed by atoms with Crippen LogP contribution < -0.4 is 4.90 Å². The van der Waals surface area contributed by atoms with Crippen molar-refractivity contribution in [2.45, 2.75) is 20.5 Å². The van der Waals surface area contributed by atoms with Gasteiger partial charge in [0, 0.05) is 13.1 Å². The Hall–Kier alpha value is -1.16. The lowest BCUT2D eigenvalue weighted by Gasteiger charge is -2.20. The highest BCUT2D eigenvalue weighted by Gasteiger charge is 2.29. The Kier molecular flexibility index (Phi) is 3.33. The molecule has 0 spiro atoms. The molecule has 1 aliphatic rings. The Morgan fingerprint density at radius 3 is 2.06 bits per heavy atom. The van der Waals surface area contributed by atoms with Gasteiger partial charge < -0.3 is 10.0 Å². The van der Waals surface area contributed by atoms with E-state index in [9.17, 15) is 8.78 Å². The van der Waals surface area contributed by atoms with E-state index < -0.39 is 11.6 Å². The summed E-state index contributed by atoms with van der Waals surface area (Å²) in [5, 5.41) is 8.88. The Balaban J connectivity index is 2.33. The third-order valence-electron chi connectivity index (χ3n) is 3.56. The molecule has 2 rings (SSSR count). The van der Waals surface area contributed by atoms with E-state index in [0.717, 1.165) is 0 Å². The van der Waals surface area contributed by atoms with Crippen LogP contribution in [0.1, 0.15) is 19.4 Å². The number of hydrogen-bond donors (Lipinski definition) is 1. The monoisotopic (exact) mass is 241 g/mol. The largest absolute Gasteiger partial charge is 0.392 e. The number of halogens is 2. The second-order valence-corrected chi connectivity index (χ2v) is 4.93. The summed E-state index contributed by atoms with van der Waals surface area (Å²) < 4.78 is 27.6. The summed E-state index contributed by atoms with van der Waals surface area (Å²) >= 11 is 0. The molecule has 1 aromatic carbocycles. The molecule has 4 heteroatoms. The molecule has 0 aliphatic carbocycles. The average molecular weight is 241 g/mol. The maximum atomic E-state index is 13.8. The fourth-order valence-corrected chi connectivity index (χ4v) is 2.32. The molecule has 0 radical (unpaired) electrons. The molecule has 1 aliphatic heterocycles. The van der Waals surface area contributed by atoms with Crippen LogP contribution >= 0.6 is 0 Å². The van der Waals surface area contributed by atoms with Crippen LogP contribution in [0.3, 0.4) is 0 Å². The Morgan fingerprint density at radius 2 is 1.65 bits per heavy atom. The minimum absolute atomic E-state index is 0.0402. The SMILES string of the molecule is CC1CN(c2c(F)cc(CO)cc2F)CC1C. The first-order valence-electron chi connectivity index (χ1n) is 5.86. The highest BCUT2D eigenvalue weighted by molar-refractivity contribution is 5.51. The number of aliphatic hydroxyl groups excluding tert-OH is 1. The molecule has 2 nitrogen and oxygen atoms in total. The van der Waals surface area contributed by atoms with Gasteiger partial charge in [0.1, 0.15) is 17.3 Å². The predicted molar refractivity (Wildman–Crippen MR) is 62.8 cm³/mol. The van der Waals surface area contributed by atoms with Crippen LogP contribution in [0.2, 0.25) is 0 Å². The topological polar surface area (TPSA) is 23.5 Å². The molecule has 17 heavy (non-hydrogen) atoms. The fraction of sp³-hybridized carbons (Fsp3) is 0.538. The van der Waals surface area contributed by atoms with Crippen molar-refractivity contribution < 1.29 is 13.9 Å². The molecule has 1 heterocycles. The summed E-state index contributed by atoms with van der Waals surface area (Å²) in [4.78, 5) is 1.75. The number of nitrogens with zero attached hydrogens (tertiary/aromatic N) is 1. The van der Waals surface area contributed by atoms with Gasteiger partial charge in [0.25, 0.3) is 0 Å². The van der Waals surface area contributed by atoms with Crippen LogP contribution in [0.4, 0.5) is 14.5 Å². The third kappa shape index (κ3) is 2.27. The first-order chi connectivity index (χ1) is 8.02. The second-order valence-electron chi connectivity index (χ2n) is 4.93. The maximum Gasteiger partial charge on any atom is 0.149 e. The number of rotatable bonds is 2. The minimum Gasteiger partial charge on any atom is -0.392 e. The molecule has 1 aromatic rings. The number of hydrogen-bond acceptors (Lipinski definition) is 2. The second kappa shape index (κ2) is 4.61. The summed E-state index contributed by atoms with van der Waals surface area (Å²) in [6.07, 6.45) is 0. The van der Waals surface area contributed by atoms with Crippen molar-refractivity contribution >= 4 is 5.69 Å². The van der Waals surface area contributed by atoms with Crippen LogP contribution in [0.15, 0.2) is 12.1 Å². The number of benzene rings is 1. The van der Waals surface area contributed by atoms with E-state index in [2.05, 4.69) is 13.8 Å². The predicted octanol–water partition coefficient (Wildman–Crippen LogP) is 2.55. The van der Waals surface area contributed by atoms with Crippen LogP contribution in [0.5, 0.6) is 0 Å². The summed E-state index contributed by atoms with van der Waals surface area (Å²) in [7, 11) is 0. The zero-order valence-electron chi connectivity index (χ0n) is 10.1. The molecular weight excluding hydrogens is 224 g/mol. The third-order valence-corrected chi connectivity index (χ3v) is 3.56. The maximum absolute atomic E-state index is 13.8. The van der Waals surface area contributed by atoms with E-state index in [4.69, 9.17) is 5.11 Å². The van der Waals surface area contributed by atoms with Crippen molar-refractivity contribution in [1.29, 1.82) is 0 Å². The molecule has 0 aromatic heterocycles. The smallest absolute Gasteiger partial charge is 0.149 e. The van der Waals surface area contributed by atoms with Gasteiger partial charge in [-0.05, 0) is 29.5 Å². The van der Waals surface area contributed by atoms with Crippen LogP contribution in [0.25, 0.3) is 0 Å². The van der Waals surface area contributed by atoms with Gasteiger partial charge in [-0.3, -0.25) is 0 Å². The zero-order valence-corrected chi connectivity index (χ0v) is 10.1. The lowest BCUT2D eigenvalue weighted by molar-refractivity contribution is 0.280. The molecule has 0 saturated carbocycles.